The maximum Gasteiger partial charge on any atom is 0.417 e. The van der Waals surface area contributed by atoms with Gasteiger partial charge in [-0.2, -0.15) is 17.5 Å². The molecule has 3 nitrogen and oxygen atoms in total. The molecule has 0 unspecified atom stereocenters. The van der Waals surface area contributed by atoms with Gasteiger partial charge in [0.05, 0.1) is 15.5 Å². The molecule has 1 aromatic rings. The van der Waals surface area contributed by atoms with Crippen LogP contribution in [0.3, 0.4) is 0 Å². The second-order valence-corrected chi connectivity index (χ2v) is 6.38. The van der Waals surface area contributed by atoms with E-state index in [-0.39, 0.29) is 13.1 Å². The lowest BCUT2D eigenvalue weighted by Crippen LogP contribution is -2.31. The van der Waals surface area contributed by atoms with Crippen LogP contribution in [-0.4, -0.2) is 25.8 Å². The van der Waals surface area contributed by atoms with Crippen molar-refractivity contribution in [3.8, 4) is 0 Å². The van der Waals surface area contributed by atoms with Crippen LogP contribution in [-0.2, 0) is 16.2 Å². The lowest BCUT2D eigenvalue weighted by atomic mass is 10.2. The number of alkyl halides is 3. The Labute approximate surface area is 126 Å². The second-order valence-electron chi connectivity index (χ2n) is 4.04. The Hall–Kier alpha value is -1.31. The van der Waals surface area contributed by atoms with Gasteiger partial charge in [0.2, 0.25) is 10.0 Å². The van der Waals surface area contributed by atoms with Gasteiger partial charge in [0, 0.05) is 13.1 Å². The monoisotopic (exact) mass is 339 g/mol. The lowest BCUT2D eigenvalue weighted by Gasteiger charge is -2.20. The Morgan fingerprint density at radius 3 is 2.14 bits per heavy atom. The highest BCUT2D eigenvalue weighted by molar-refractivity contribution is 7.89. The van der Waals surface area contributed by atoms with Gasteiger partial charge in [-0.1, -0.05) is 23.8 Å². The minimum Gasteiger partial charge on any atom is -0.207 e. The SMILES string of the molecule is C=CCN(CC=C)S(=O)(=O)c1ccc(Cl)c(C(F)(F)F)c1. The van der Waals surface area contributed by atoms with E-state index in [1.54, 1.807) is 0 Å². The van der Waals surface area contributed by atoms with Crippen molar-refractivity contribution in [2.75, 3.05) is 13.1 Å². The minimum absolute atomic E-state index is 0.0433. The Kier molecular flexibility index (Phi) is 5.61. The van der Waals surface area contributed by atoms with Gasteiger partial charge in [-0.05, 0) is 18.2 Å². The van der Waals surface area contributed by atoms with Gasteiger partial charge < -0.3 is 0 Å². The predicted octanol–water partition coefficient (Wildman–Crippen LogP) is 3.72. The lowest BCUT2D eigenvalue weighted by molar-refractivity contribution is -0.137. The highest BCUT2D eigenvalue weighted by Gasteiger charge is 2.35. The van der Waals surface area contributed by atoms with Gasteiger partial charge in [-0.15, -0.1) is 13.2 Å². The van der Waals surface area contributed by atoms with Crippen LogP contribution in [0.2, 0.25) is 5.02 Å². The Bertz CT molecular complexity index is 631. The van der Waals surface area contributed by atoms with Crippen LogP contribution in [0, 0.1) is 0 Å². The minimum atomic E-state index is -4.73. The van der Waals surface area contributed by atoms with Gasteiger partial charge in [0.15, 0.2) is 0 Å². The zero-order chi connectivity index (χ0) is 16.3. The van der Waals surface area contributed by atoms with E-state index in [4.69, 9.17) is 11.6 Å². The van der Waals surface area contributed by atoms with Gasteiger partial charge in [0.25, 0.3) is 0 Å². The van der Waals surface area contributed by atoms with Crippen molar-refractivity contribution < 1.29 is 21.6 Å². The van der Waals surface area contributed by atoms with Crippen LogP contribution in [0.4, 0.5) is 13.2 Å². The van der Waals surface area contributed by atoms with Crippen LogP contribution < -0.4 is 0 Å². The Morgan fingerprint density at radius 2 is 1.71 bits per heavy atom. The normalized spacial score (nSPS) is 12.4. The molecule has 0 radical (unpaired) electrons. The maximum absolute atomic E-state index is 12.8. The molecule has 1 aromatic carbocycles. The van der Waals surface area contributed by atoms with Crippen molar-refractivity contribution in [3.63, 3.8) is 0 Å². The third kappa shape index (κ3) is 4.09. The number of hydrogen-bond acceptors (Lipinski definition) is 2. The second kappa shape index (κ2) is 6.64. The van der Waals surface area contributed by atoms with Crippen LogP contribution in [0.25, 0.3) is 0 Å². The molecule has 0 fully saturated rings. The third-order valence-electron chi connectivity index (χ3n) is 2.55. The summed E-state index contributed by atoms with van der Waals surface area (Å²) in [5.74, 6) is 0. The molecule has 0 heterocycles. The van der Waals surface area contributed by atoms with Gasteiger partial charge >= 0.3 is 6.18 Å². The fourth-order valence-electron chi connectivity index (χ4n) is 1.59. The maximum atomic E-state index is 12.8. The highest BCUT2D eigenvalue weighted by atomic mass is 35.5. The summed E-state index contributed by atoms with van der Waals surface area (Å²) in [5, 5.41) is -0.555. The number of halogens is 4. The molecule has 0 saturated carbocycles. The summed E-state index contributed by atoms with van der Waals surface area (Å²) in [6.45, 7) is 6.75. The summed E-state index contributed by atoms with van der Waals surface area (Å²) in [4.78, 5) is -0.483. The van der Waals surface area contributed by atoms with E-state index < -0.39 is 31.7 Å². The summed E-state index contributed by atoms with van der Waals surface area (Å²) in [5.41, 5.74) is -1.19. The van der Waals surface area contributed by atoms with E-state index >= 15 is 0 Å². The number of nitrogens with zero attached hydrogens (tertiary/aromatic N) is 1. The van der Waals surface area contributed by atoms with Crippen LogP contribution >= 0.6 is 11.6 Å². The van der Waals surface area contributed by atoms with Crippen LogP contribution in [0.15, 0.2) is 48.4 Å². The molecule has 0 amide bonds. The first-order valence-electron chi connectivity index (χ1n) is 5.73. The zero-order valence-corrected chi connectivity index (χ0v) is 12.5. The number of rotatable bonds is 6. The van der Waals surface area contributed by atoms with Gasteiger partial charge in [-0.3, -0.25) is 0 Å². The fourth-order valence-corrected chi connectivity index (χ4v) is 3.22. The molecular weight excluding hydrogens is 327 g/mol. The molecular formula is C13H13ClF3NO2S. The van der Waals surface area contributed by atoms with E-state index in [0.29, 0.717) is 6.07 Å². The Balaban J connectivity index is 3.37. The molecule has 0 atom stereocenters. The topological polar surface area (TPSA) is 37.4 Å². The van der Waals surface area contributed by atoms with Crippen LogP contribution in [0.1, 0.15) is 5.56 Å². The molecule has 0 aliphatic carbocycles. The molecule has 0 aliphatic rings. The summed E-state index contributed by atoms with van der Waals surface area (Å²) >= 11 is 5.47. The van der Waals surface area contributed by atoms with Crippen molar-refractivity contribution in [2.24, 2.45) is 0 Å². The molecule has 0 aliphatic heterocycles. The quantitative estimate of drug-likeness (QED) is 0.741. The summed E-state index contributed by atoms with van der Waals surface area (Å²) < 4.78 is 64.0. The molecule has 8 heteroatoms. The molecule has 0 N–H and O–H groups in total. The van der Waals surface area contributed by atoms with Crippen molar-refractivity contribution in [1.82, 2.24) is 4.31 Å². The van der Waals surface area contributed by atoms with Crippen molar-refractivity contribution in [2.45, 2.75) is 11.1 Å². The fraction of sp³-hybridized carbons (Fsp3) is 0.231. The molecule has 0 bridgehead atoms. The largest absolute Gasteiger partial charge is 0.417 e. The average Bonchev–Trinajstić information content (AvgIpc) is 2.37. The van der Waals surface area contributed by atoms with Crippen molar-refractivity contribution >= 4 is 21.6 Å². The van der Waals surface area contributed by atoms with Gasteiger partial charge in [0.1, 0.15) is 0 Å². The number of sulfonamides is 1. The number of benzene rings is 1. The summed E-state index contributed by atoms with van der Waals surface area (Å²) in [6, 6.07) is 2.47. The van der Waals surface area contributed by atoms with Crippen molar-refractivity contribution in [3.05, 3.63) is 54.1 Å². The van der Waals surface area contributed by atoms with E-state index in [1.807, 2.05) is 0 Å². The number of hydrogen-bond donors (Lipinski definition) is 0. The smallest absolute Gasteiger partial charge is 0.207 e. The molecule has 0 saturated heterocycles. The van der Waals surface area contributed by atoms with Crippen LogP contribution in [0.5, 0.6) is 0 Å². The predicted molar refractivity (Wildman–Crippen MR) is 75.6 cm³/mol. The average molecular weight is 340 g/mol. The van der Waals surface area contributed by atoms with E-state index in [1.165, 1.54) is 12.2 Å². The molecule has 0 spiro atoms. The molecule has 1 rings (SSSR count). The van der Waals surface area contributed by atoms with Gasteiger partial charge in [-0.25, -0.2) is 8.42 Å². The summed E-state index contributed by atoms with van der Waals surface area (Å²) in [7, 11) is -4.09. The first kappa shape index (κ1) is 17.7. The zero-order valence-electron chi connectivity index (χ0n) is 10.9. The molecule has 0 aromatic heterocycles. The first-order valence-corrected chi connectivity index (χ1v) is 7.55. The van der Waals surface area contributed by atoms with E-state index in [9.17, 15) is 21.6 Å². The highest BCUT2D eigenvalue weighted by Crippen LogP contribution is 2.36. The standard InChI is InChI=1S/C13H13ClF3NO2S/c1-3-7-18(8-4-2)21(19,20)10-5-6-12(14)11(9-10)13(15,16)17/h3-6,9H,1-2,7-8H2. The van der Waals surface area contributed by atoms with Crippen molar-refractivity contribution in [1.29, 1.82) is 0 Å². The summed E-state index contributed by atoms with van der Waals surface area (Å²) in [6.07, 6.45) is -2.06. The third-order valence-corrected chi connectivity index (χ3v) is 4.70. The van der Waals surface area contributed by atoms with E-state index in [2.05, 4.69) is 13.2 Å². The molecule has 116 valence electrons. The molecule has 21 heavy (non-hydrogen) atoms. The Morgan fingerprint density at radius 1 is 1.19 bits per heavy atom. The first-order chi connectivity index (χ1) is 9.64. The van der Waals surface area contributed by atoms with E-state index in [0.717, 1.165) is 16.4 Å².